The highest BCUT2D eigenvalue weighted by Gasteiger charge is 2.45. The Morgan fingerprint density at radius 3 is 2.38 bits per heavy atom. The summed E-state index contributed by atoms with van der Waals surface area (Å²) < 4.78 is 4.48. The molecule has 2 atom stereocenters. The molecule has 2 aromatic carbocycles. The number of aromatic amines is 1. The predicted molar refractivity (Wildman–Crippen MR) is 149 cm³/mol. The van der Waals surface area contributed by atoms with Crippen molar-refractivity contribution in [1.29, 1.82) is 0 Å². The molecule has 0 saturated carbocycles. The lowest BCUT2D eigenvalue weighted by atomic mass is 9.81. The molecule has 2 unspecified atom stereocenters. The smallest absolute Gasteiger partial charge is 0.405 e. The maximum Gasteiger partial charge on any atom is 0.405 e. The predicted octanol–water partition coefficient (Wildman–Crippen LogP) is 6.16. The highest BCUT2D eigenvalue weighted by atomic mass is 32.2. The van der Waals surface area contributed by atoms with E-state index in [0.717, 1.165) is 16.9 Å². The Hall–Kier alpha value is -3.46. The molecule has 0 aliphatic heterocycles. The van der Waals surface area contributed by atoms with Gasteiger partial charge < -0.3 is 15.2 Å². The highest BCUT2D eigenvalue weighted by Crippen LogP contribution is 2.43. The number of ether oxygens (including phenoxy) is 1. The molecule has 0 saturated heterocycles. The maximum absolute atomic E-state index is 14.3. The van der Waals surface area contributed by atoms with Gasteiger partial charge in [-0.25, -0.2) is 4.79 Å². The lowest BCUT2D eigenvalue weighted by Gasteiger charge is -2.42. The third-order valence-corrected chi connectivity index (χ3v) is 7.46. The van der Waals surface area contributed by atoms with Crippen LogP contribution in [0.15, 0.2) is 60.8 Å². The van der Waals surface area contributed by atoms with E-state index >= 15 is 0 Å². The lowest BCUT2D eigenvalue weighted by molar-refractivity contribution is -0.120. The van der Waals surface area contributed by atoms with Crippen molar-refractivity contribution < 1.29 is 19.4 Å². The molecule has 0 bridgehead atoms. The summed E-state index contributed by atoms with van der Waals surface area (Å²) in [6.07, 6.45) is 0.900. The van der Waals surface area contributed by atoms with Crippen LogP contribution in [-0.4, -0.2) is 45.2 Å². The van der Waals surface area contributed by atoms with Gasteiger partial charge in [-0.3, -0.25) is 14.8 Å². The van der Waals surface area contributed by atoms with Gasteiger partial charge in [0.2, 0.25) is 0 Å². The zero-order chi connectivity index (χ0) is 27.2. The van der Waals surface area contributed by atoms with E-state index in [2.05, 4.69) is 36.3 Å². The number of nitrogens with one attached hydrogen (secondary N) is 2. The topological polar surface area (TPSA) is 108 Å². The van der Waals surface area contributed by atoms with Crippen LogP contribution < -0.4 is 15.0 Å². The van der Waals surface area contributed by atoms with Crippen molar-refractivity contribution in [3.63, 3.8) is 0 Å². The van der Waals surface area contributed by atoms with Crippen LogP contribution in [0.2, 0.25) is 0 Å². The van der Waals surface area contributed by atoms with Gasteiger partial charge in [0.05, 0.1) is 19.0 Å². The van der Waals surface area contributed by atoms with E-state index in [1.807, 2.05) is 62.4 Å². The first-order valence-corrected chi connectivity index (χ1v) is 13.1. The van der Waals surface area contributed by atoms with Gasteiger partial charge in [-0.1, -0.05) is 45.0 Å². The second-order valence-electron chi connectivity index (χ2n) is 10.5. The van der Waals surface area contributed by atoms with Gasteiger partial charge in [-0.05, 0) is 61.1 Å². The standard InChI is InChI=1S/C28H36N4O4S/c1-19-8-7-9-21(16-19)32(23-14-15-29-31-23)25(33)24(30-26(34)35)28(5,18-27(2,3)4)37-17-20-10-12-22(36-6)13-11-20/h7-16,24,30H,17-18H2,1-6H3,(H,29,31)(H,34,35). The van der Waals surface area contributed by atoms with Gasteiger partial charge in [0, 0.05) is 16.6 Å². The summed E-state index contributed by atoms with van der Waals surface area (Å²) in [4.78, 5) is 27.9. The van der Waals surface area contributed by atoms with E-state index in [9.17, 15) is 14.7 Å². The maximum atomic E-state index is 14.3. The Morgan fingerprint density at radius 1 is 1.14 bits per heavy atom. The van der Waals surface area contributed by atoms with Gasteiger partial charge >= 0.3 is 6.09 Å². The number of H-pyrrole nitrogens is 1. The van der Waals surface area contributed by atoms with Crippen LogP contribution in [-0.2, 0) is 10.5 Å². The van der Waals surface area contributed by atoms with Crippen molar-refractivity contribution >= 4 is 35.3 Å². The van der Waals surface area contributed by atoms with Crippen LogP contribution in [0.1, 0.15) is 45.2 Å². The molecule has 0 aliphatic carbocycles. The molecule has 1 heterocycles. The molecule has 3 aromatic rings. The van der Waals surface area contributed by atoms with Crippen molar-refractivity contribution in [3.8, 4) is 5.75 Å². The first-order chi connectivity index (χ1) is 17.4. The summed E-state index contributed by atoms with van der Waals surface area (Å²) in [7, 11) is 1.62. The molecule has 0 aliphatic rings. The van der Waals surface area contributed by atoms with Gasteiger partial charge in [0.15, 0.2) is 0 Å². The van der Waals surface area contributed by atoms with E-state index < -0.39 is 16.9 Å². The minimum Gasteiger partial charge on any atom is -0.497 e. The Labute approximate surface area is 222 Å². The number of anilines is 2. The van der Waals surface area contributed by atoms with Crippen molar-refractivity contribution in [2.45, 2.75) is 57.6 Å². The molecular formula is C28H36N4O4S. The van der Waals surface area contributed by atoms with Crippen LogP contribution in [0.25, 0.3) is 0 Å². The van der Waals surface area contributed by atoms with Crippen LogP contribution in [0.3, 0.4) is 0 Å². The fourth-order valence-corrected chi connectivity index (χ4v) is 6.06. The van der Waals surface area contributed by atoms with Crippen molar-refractivity contribution in [3.05, 3.63) is 71.9 Å². The van der Waals surface area contributed by atoms with E-state index in [4.69, 9.17) is 4.74 Å². The van der Waals surface area contributed by atoms with Gasteiger partial charge in [-0.2, -0.15) is 5.10 Å². The molecule has 0 radical (unpaired) electrons. The molecule has 0 fully saturated rings. The summed E-state index contributed by atoms with van der Waals surface area (Å²) in [6, 6.07) is 15.9. The number of amides is 2. The molecule has 3 rings (SSSR count). The average molecular weight is 525 g/mol. The number of aryl methyl sites for hydroxylation is 1. The lowest BCUT2D eigenvalue weighted by Crippen LogP contribution is -2.58. The highest BCUT2D eigenvalue weighted by molar-refractivity contribution is 8.00. The monoisotopic (exact) mass is 524 g/mol. The van der Waals surface area contributed by atoms with Crippen molar-refractivity contribution in [2.75, 3.05) is 12.0 Å². The van der Waals surface area contributed by atoms with E-state index in [-0.39, 0.29) is 11.3 Å². The summed E-state index contributed by atoms with van der Waals surface area (Å²) in [5.41, 5.74) is 2.48. The van der Waals surface area contributed by atoms with Gasteiger partial charge in [0.1, 0.15) is 17.6 Å². The first-order valence-electron chi connectivity index (χ1n) is 12.1. The summed E-state index contributed by atoms with van der Waals surface area (Å²) in [5.74, 6) is 1.44. The largest absolute Gasteiger partial charge is 0.497 e. The number of rotatable bonds is 10. The van der Waals surface area contributed by atoms with Crippen LogP contribution >= 0.6 is 11.8 Å². The number of hydrogen-bond acceptors (Lipinski definition) is 5. The van der Waals surface area contributed by atoms with Crippen LogP contribution in [0, 0.1) is 12.3 Å². The molecule has 0 spiro atoms. The SMILES string of the molecule is COc1ccc(CSC(C)(CC(C)(C)C)C(NC(=O)O)C(=O)N(c2cccc(C)c2)c2ccn[nH]2)cc1. The third kappa shape index (κ3) is 7.52. The molecule has 3 N–H and O–H groups in total. The average Bonchev–Trinajstić information content (AvgIpc) is 3.35. The fourth-order valence-electron chi connectivity index (χ4n) is 4.51. The molecule has 8 nitrogen and oxygen atoms in total. The molecule has 198 valence electrons. The molecular weight excluding hydrogens is 488 g/mol. The quantitative estimate of drug-likeness (QED) is 0.293. The number of aromatic nitrogens is 2. The zero-order valence-electron chi connectivity index (χ0n) is 22.2. The summed E-state index contributed by atoms with van der Waals surface area (Å²) in [5, 5.41) is 19.3. The number of carboxylic acid groups (broad SMARTS) is 1. The number of hydrogen-bond donors (Lipinski definition) is 3. The second-order valence-corrected chi connectivity index (χ2v) is 12.0. The fraction of sp³-hybridized carbons (Fsp3) is 0.393. The number of nitrogens with zero attached hydrogens (tertiary/aromatic N) is 2. The van der Waals surface area contributed by atoms with Crippen molar-refractivity contribution in [2.24, 2.45) is 5.41 Å². The van der Waals surface area contributed by atoms with E-state index in [0.29, 0.717) is 23.7 Å². The zero-order valence-corrected chi connectivity index (χ0v) is 23.1. The molecule has 2 amide bonds. The Kier molecular flexibility index (Phi) is 8.91. The Bertz CT molecular complexity index is 1190. The Balaban J connectivity index is 2.05. The van der Waals surface area contributed by atoms with Crippen molar-refractivity contribution in [1.82, 2.24) is 15.5 Å². The molecule has 37 heavy (non-hydrogen) atoms. The minimum atomic E-state index is -1.25. The van der Waals surface area contributed by atoms with Crippen LogP contribution in [0.4, 0.5) is 16.3 Å². The third-order valence-electron chi connectivity index (χ3n) is 5.94. The minimum absolute atomic E-state index is 0.178. The number of methoxy groups -OCH3 is 1. The van der Waals surface area contributed by atoms with E-state index in [1.54, 1.807) is 31.1 Å². The van der Waals surface area contributed by atoms with Gasteiger partial charge in [0.25, 0.3) is 5.91 Å². The number of benzene rings is 2. The second kappa shape index (κ2) is 11.7. The van der Waals surface area contributed by atoms with Gasteiger partial charge in [-0.15, -0.1) is 11.8 Å². The normalized spacial score (nSPS) is 13.9. The molecule has 1 aromatic heterocycles. The number of carbonyl (C=O) groups is 2. The van der Waals surface area contributed by atoms with Crippen LogP contribution in [0.5, 0.6) is 5.75 Å². The Morgan fingerprint density at radius 2 is 1.84 bits per heavy atom. The molecule has 9 heteroatoms. The van der Waals surface area contributed by atoms with E-state index in [1.165, 1.54) is 4.90 Å². The number of thioether (sulfide) groups is 1. The summed E-state index contributed by atoms with van der Waals surface area (Å²) in [6.45, 7) is 10.2. The number of carbonyl (C=O) groups excluding carboxylic acids is 1. The first kappa shape index (κ1) is 28.1. The summed E-state index contributed by atoms with van der Waals surface area (Å²) >= 11 is 1.57.